The number of anilines is 1. The van der Waals surface area contributed by atoms with Crippen molar-refractivity contribution in [2.45, 2.75) is 45.4 Å². The molecule has 17 nitrogen and oxygen atoms in total. The van der Waals surface area contributed by atoms with Gasteiger partial charge in [-0.25, -0.2) is 4.79 Å². The zero-order valence-electron chi connectivity index (χ0n) is 33.4. The number of aliphatic carboxylic acids is 1. The van der Waals surface area contributed by atoms with Crippen LogP contribution in [-0.4, -0.2) is 175 Å². The van der Waals surface area contributed by atoms with E-state index in [0.29, 0.717) is 144 Å². The Morgan fingerprint density at radius 3 is 1.16 bits per heavy atom. The molecular weight excluding hydrogens is 738 g/mol. The number of rotatable bonds is 43. The largest absolute Gasteiger partial charge is 0.481 e. The number of benzene rings is 1. The quantitative estimate of drug-likeness (QED) is 0.0720. The number of hydrogen-bond donors (Lipinski definition) is 2. The molecule has 0 aromatic heterocycles. The molecular formula is C39H67NO16. The average molecular weight is 806 g/mol. The topological polar surface area (TPSA) is 194 Å². The van der Waals surface area contributed by atoms with Crippen molar-refractivity contribution >= 4 is 23.6 Å². The standard InChI is InChI=1S/C39H67NO16/c1-2-3-12-40-36-10-8-35(9-11-36)39(44)56-34-32-54-30-28-52-26-24-50-22-20-48-18-16-46-14-13-45-15-17-47-19-21-49-23-25-51-27-29-53-31-33-55-38(43)7-5-4-6-37(41)42/h8-11,40H,2-7,12-34H2,1H3,(H,41,42). The first-order valence-electron chi connectivity index (χ1n) is 19.7. The van der Waals surface area contributed by atoms with Crippen LogP contribution in [0.5, 0.6) is 0 Å². The minimum atomic E-state index is -0.867. The third kappa shape index (κ3) is 35.4. The van der Waals surface area contributed by atoms with Gasteiger partial charge in [-0.3, -0.25) is 9.59 Å². The van der Waals surface area contributed by atoms with E-state index in [4.69, 9.17) is 61.9 Å². The minimum Gasteiger partial charge on any atom is -0.481 e. The third-order valence-electron chi connectivity index (χ3n) is 7.30. The first-order valence-corrected chi connectivity index (χ1v) is 19.7. The molecule has 0 heterocycles. The summed E-state index contributed by atoms with van der Waals surface area (Å²) in [6.07, 6.45) is 3.45. The summed E-state index contributed by atoms with van der Waals surface area (Å²) in [5.74, 6) is -1.59. The zero-order chi connectivity index (χ0) is 40.4. The SMILES string of the molecule is CCCCNc1ccc(C(=O)OCCOCCOCCOCCOCCOCCOCCOCCOCCOCCOCCOC(=O)CCCCC(=O)O)cc1. The van der Waals surface area contributed by atoms with Crippen molar-refractivity contribution in [3.05, 3.63) is 29.8 Å². The highest BCUT2D eigenvalue weighted by Crippen LogP contribution is 2.11. The maximum Gasteiger partial charge on any atom is 0.338 e. The second kappa shape index (κ2) is 40.2. The first-order chi connectivity index (χ1) is 27.5. The Bertz CT molecular complexity index is 1050. The first kappa shape index (κ1) is 51.0. The molecule has 1 rings (SSSR count). The van der Waals surface area contributed by atoms with Gasteiger partial charge in [0.2, 0.25) is 0 Å². The number of esters is 2. The van der Waals surface area contributed by atoms with Crippen molar-refractivity contribution in [2.75, 3.05) is 157 Å². The normalized spacial score (nSPS) is 11.2. The van der Waals surface area contributed by atoms with Gasteiger partial charge in [0.1, 0.15) is 13.2 Å². The van der Waals surface area contributed by atoms with Crippen LogP contribution in [0.4, 0.5) is 5.69 Å². The van der Waals surface area contributed by atoms with Gasteiger partial charge >= 0.3 is 17.9 Å². The highest BCUT2D eigenvalue weighted by molar-refractivity contribution is 5.89. The summed E-state index contributed by atoms with van der Waals surface area (Å²) in [4.78, 5) is 34.1. The lowest BCUT2D eigenvalue weighted by Gasteiger charge is -2.09. The molecule has 0 fully saturated rings. The summed E-state index contributed by atoms with van der Waals surface area (Å²) in [5, 5.41) is 11.9. The van der Waals surface area contributed by atoms with Gasteiger partial charge in [-0.15, -0.1) is 0 Å². The zero-order valence-corrected chi connectivity index (χ0v) is 33.4. The molecule has 1 aromatic rings. The number of carbonyl (C=O) groups is 3. The molecule has 0 spiro atoms. The lowest BCUT2D eigenvalue weighted by molar-refractivity contribution is -0.146. The molecule has 0 aliphatic heterocycles. The van der Waals surface area contributed by atoms with Crippen LogP contribution in [0.3, 0.4) is 0 Å². The van der Waals surface area contributed by atoms with Gasteiger partial charge in [-0.1, -0.05) is 13.3 Å². The average Bonchev–Trinajstić information content (AvgIpc) is 3.19. The van der Waals surface area contributed by atoms with Crippen molar-refractivity contribution in [1.29, 1.82) is 0 Å². The molecule has 0 saturated carbocycles. The second-order valence-corrected chi connectivity index (χ2v) is 11.9. The van der Waals surface area contributed by atoms with E-state index in [-0.39, 0.29) is 44.6 Å². The molecule has 56 heavy (non-hydrogen) atoms. The van der Waals surface area contributed by atoms with Crippen molar-refractivity contribution in [1.82, 2.24) is 0 Å². The number of unbranched alkanes of at least 4 members (excludes halogenated alkanes) is 2. The van der Waals surface area contributed by atoms with Gasteiger partial charge < -0.3 is 67.3 Å². The molecule has 0 radical (unpaired) electrons. The molecule has 2 N–H and O–H groups in total. The van der Waals surface area contributed by atoms with E-state index >= 15 is 0 Å². The van der Waals surface area contributed by atoms with Crippen LogP contribution in [0.2, 0.25) is 0 Å². The molecule has 1 aromatic carbocycles. The van der Waals surface area contributed by atoms with E-state index in [1.165, 1.54) is 0 Å². The van der Waals surface area contributed by atoms with Crippen LogP contribution in [0.15, 0.2) is 24.3 Å². The predicted octanol–water partition coefficient (Wildman–Crippen LogP) is 3.41. The summed E-state index contributed by atoms with van der Waals surface area (Å²) in [6, 6.07) is 7.26. The molecule has 0 aliphatic carbocycles. The van der Waals surface area contributed by atoms with Gasteiger partial charge in [0.25, 0.3) is 0 Å². The second-order valence-electron chi connectivity index (χ2n) is 11.9. The van der Waals surface area contributed by atoms with Gasteiger partial charge in [0.15, 0.2) is 0 Å². The molecule has 0 saturated heterocycles. The van der Waals surface area contributed by atoms with Crippen LogP contribution in [0.1, 0.15) is 55.8 Å². The lowest BCUT2D eigenvalue weighted by Crippen LogP contribution is -2.16. The van der Waals surface area contributed by atoms with Gasteiger partial charge in [0, 0.05) is 25.1 Å². The molecule has 324 valence electrons. The molecule has 0 bridgehead atoms. The number of carboxylic acid groups (broad SMARTS) is 1. The van der Waals surface area contributed by atoms with E-state index in [1.807, 2.05) is 12.1 Å². The fourth-order valence-corrected chi connectivity index (χ4v) is 4.32. The Labute approximate surface area is 332 Å². The number of carbonyl (C=O) groups excluding carboxylic acids is 2. The Kier molecular flexibility index (Phi) is 36.7. The maximum absolute atomic E-state index is 12.1. The molecule has 17 heteroatoms. The molecule has 0 amide bonds. The van der Waals surface area contributed by atoms with Crippen LogP contribution in [0.25, 0.3) is 0 Å². The van der Waals surface area contributed by atoms with Crippen molar-refractivity contribution in [3.8, 4) is 0 Å². The van der Waals surface area contributed by atoms with E-state index in [2.05, 4.69) is 12.2 Å². The summed E-state index contributed by atoms with van der Waals surface area (Å²) in [5.41, 5.74) is 1.50. The van der Waals surface area contributed by atoms with Crippen LogP contribution in [0, 0.1) is 0 Å². The minimum absolute atomic E-state index is 0.0555. The predicted molar refractivity (Wildman–Crippen MR) is 205 cm³/mol. The fourth-order valence-electron chi connectivity index (χ4n) is 4.32. The van der Waals surface area contributed by atoms with E-state index in [0.717, 1.165) is 25.1 Å². The van der Waals surface area contributed by atoms with Crippen LogP contribution < -0.4 is 5.32 Å². The third-order valence-corrected chi connectivity index (χ3v) is 7.30. The summed E-state index contributed by atoms with van der Waals surface area (Å²) in [6.45, 7) is 12.0. The van der Waals surface area contributed by atoms with Crippen molar-refractivity contribution in [2.24, 2.45) is 0 Å². The monoisotopic (exact) mass is 805 g/mol. The molecule has 0 aliphatic rings. The lowest BCUT2D eigenvalue weighted by atomic mass is 10.2. The van der Waals surface area contributed by atoms with Crippen molar-refractivity contribution in [3.63, 3.8) is 0 Å². The molecule has 0 atom stereocenters. The number of nitrogens with one attached hydrogen (secondary N) is 1. The summed E-state index contributed by atoms with van der Waals surface area (Å²) >= 11 is 0. The van der Waals surface area contributed by atoms with Crippen molar-refractivity contribution < 1.29 is 76.3 Å². The summed E-state index contributed by atoms with van der Waals surface area (Å²) < 4.78 is 64.8. The van der Waals surface area contributed by atoms with Gasteiger partial charge in [-0.2, -0.15) is 0 Å². The summed E-state index contributed by atoms with van der Waals surface area (Å²) in [7, 11) is 0. The van der Waals surface area contributed by atoms with Gasteiger partial charge in [-0.05, 0) is 43.5 Å². The van der Waals surface area contributed by atoms with Crippen LogP contribution in [-0.2, 0) is 66.4 Å². The Hall–Kier alpha value is -2.97. The number of carboxylic acids is 1. The highest BCUT2D eigenvalue weighted by Gasteiger charge is 2.07. The Morgan fingerprint density at radius 1 is 0.464 bits per heavy atom. The van der Waals surface area contributed by atoms with E-state index in [9.17, 15) is 14.4 Å². The van der Waals surface area contributed by atoms with Crippen LogP contribution >= 0.6 is 0 Å². The van der Waals surface area contributed by atoms with E-state index in [1.54, 1.807) is 12.1 Å². The highest BCUT2D eigenvalue weighted by atomic mass is 16.6. The number of hydrogen-bond acceptors (Lipinski definition) is 16. The van der Waals surface area contributed by atoms with Gasteiger partial charge in [0.05, 0.1) is 138 Å². The number of ether oxygens (including phenoxy) is 12. The molecule has 0 unspecified atom stereocenters. The Morgan fingerprint density at radius 2 is 0.804 bits per heavy atom. The smallest absolute Gasteiger partial charge is 0.338 e. The maximum atomic E-state index is 12.1. The fraction of sp³-hybridized carbons (Fsp3) is 0.769. The Balaban J connectivity index is 1.69. The van der Waals surface area contributed by atoms with E-state index < -0.39 is 5.97 Å².